The fraction of sp³-hybridized carbons (Fsp3) is 0.375. The molecule has 2 unspecified atom stereocenters. The summed E-state index contributed by atoms with van der Waals surface area (Å²) in [6.07, 6.45) is -0.745. The molecule has 6 nitrogen and oxygen atoms in total. The smallest absolute Gasteiger partial charge is 0.192 e. The monoisotopic (exact) mass is 550 g/mol. The average molecular weight is 551 g/mol. The van der Waals surface area contributed by atoms with Crippen LogP contribution in [-0.2, 0) is 18.9 Å². The van der Waals surface area contributed by atoms with Crippen LogP contribution < -0.4 is 20.1 Å². The third kappa shape index (κ3) is 6.89. The van der Waals surface area contributed by atoms with E-state index in [1.165, 1.54) is 0 Å². The Labute approximate surface area is 232 Å². The second-order valence-electron chi connectivity index (χ2n) is 10.2. The van der Waals surface area contributed by atoms with Gasteiger partial charge in [0.25, 0.3) is 0 Å². The number of fused-ring (bicyclic) bond motifs is 2. The highest BCUT2D eigenvalue weighted by Gasteiger charge is 2.34. The van der Waals surface area contributed by atoms with Gasteiger partial charge in [-0.3, -0.25) is 0 Å². The van der Waals surface area contributed by atoms with Crippen LogP contribution in [0, 0.1) is 0 Å². The van der Waals surface area contributed by atoms with Gasteiger partial charge in [-0.1, -0.05) is 81.4 Å². The van der Waals surface area contributed by atoms with Gasteiger partial charge < -0.3 is 28.4 Å². The SMILES string of the molecule is COC(C)OCOc1c(P(c2ccc3ccccc3c2OCOC(C)OC)C(C)(C)C)ccc2ccccc12. The molecule has 0 saturated carbocycles. The Balaban J connectivity index is 1.88. The van der Waals surface area contributed by atoms with E-state index in [9.17, 15) is 0 Å². The Morgan fingerprint density at radius 2 is 1.03 bits per heavy atom. The van der Waals surface area contributed by atoms with Crippen LogP contribution in [0.1, 0.15) is 34.6 Å². The lowest BCUT2D eigenvalue weighted by atomic mass is 10.1. The maximum Gasteiger partial charge on any atom is 0.192 e. The molecular weight excluding hydrogens is 511 g/mol. The van der Waals surface area contributed by atoms with E-state index in [4.69, 9.17) is 28.4 Å². The summed E-state index contributed by atoms with van der Waals surface area (Å²) < 4.78 is 34.8. The summed E-state index contributed by atoms with van der Waals surface area (Å²) in [4.78, 5) is 0. The predicted molar refractivity (Wildman–Crippen MR) is 160 cm³/mol. The molecule has 0 radical (unpaired) electrons. The van der Waals surface area contributed by atoms with E-state index in [0.717, 1.165) is 43.7 Å². The summed E-state index contributed by atoms with van der Waals surface area (Å²) in [5.74, 6) is 1.64. The summed E-state index contributed by atoms with van der Waals surface area (Å²) in [5, 5.41) is 6.42. The topological polar surface area (TPSA) is 55.4 Å². The molecule has 0 bridgehead atoms. The van der Waals surface area contributed by atoms with Crippen LogP contribution in [0.2, 0.25) is 0 Å². The molecule has 4 rings (SSSR count). The van der Waals surface area contributed by atoms with E-state index in [1.54, 1.807) is 14.2 Å². The van der Waals surface area contributed by atoms with Crippen molar-refractivity contribution < 1.29 is 28.4 Å². The molecule has 39 heavy (non-hydrogen) atoms. The van der Waals surface area contributed by atoms with Gasteiger partial charge in [0.2, 0.25) is 0 Å². The van der Waals surface area contributed by atoms with Gasteiger partial charge in [0.1, 0.15) is 11.5 Å². The predicted octanol–water partition coefficient (Wildman–Crippen LogP) is 6.91. The van der Waals surface area contributed by atoms with Gasteiger partial charge in [-0.15, -0.1) is 0 Å². The first-order valence-electron chi connectivity index (χ1n) is 13.1. The fourth-order valence-corrected chi connectivity index (χ4v) is 7.41. The van der Waals surface area contributed by atoms with Crippen molar-refractivity contribution in [3.63, 3.8) is 0 Å². The zero-order valence-electron chi connectivity index (χ0n) is 23.9. The summed E-state index contributed by atoms with van der Waals surface area (Å²) in [6, 6.07) is 25.3. The van der Waals surface area contributed by atoms with Gasteiger partial charge in [0.15, 0.2) is 26.2 Å². The molecule has 0 aliphatic heterocycles. The van der Waals surface area contributed by atoms with E-state index >= 15 is 0 Å². The highest BCUT2D eigenvalue weighted by Crippen LogP contribution is 2.53. The van der Waals surface area contributed by atoms with Crippen LogP contribution in [0.15, 0.2) is 72.8 Å². The van der Waals surface area contributed by atoms with Crippen LogP contribution in [0.3, 0.4) is 0 Å². The van der Waals surface area contributed by atoms with E-state index in [1.807, 2.05) is 38.1 Å². The molecule has 0 aromatic heterocycles. The van der Waals surface area contributed by atoms with Crippen LogP contribution in [0.5, 0.6) is 11.5 Å². The molecule has 0 amide bonds. The van der Waals surface area contributed by atoms with Crippen molar-refractivity contribution >= 4 is 40.1 Å². The van der Waals surface area contributed by atoms with Crippen molar-refractivity contribution in [1.82, 2.24) is 0 Å². The van der Waals surface area contributed by atoms with Crippen molar-refractivity contribution in [3.8, 4) is 11.5 Å². The number of rotatable bonds is 12. The van der Waals surface area contributed by atoms with Crippen LogP contribution in [0.25, 0.3) is 21.5 Å². The quantitative estimate of drug-likeness (QED) is 0.141. The lowest BCUT2D eigenvalue weighted by Crippen LogP contribution is -2.29. The number of methoxy groups -OCH3 is 2. The molecule has 0 heterocycles. The van der Waals surface area contributed by atoms with E-state index in [-0.39, 0.29) is 31.3 Å². The lowest BCUT2D eigenvalue weighted by molar-refractivity contribution is -0.149. The maximum atomic E-state index is 6.41. The Hall–Kier alpha value is -2.73. The summed E-state index contributed by atoms with van der Waals surface area (Å²) >= 11 is 0. The number of hydrogen-bond acceptors (Lipinski definition) is 6. The minimum Gasteiger partial charge on any atom is -0.466 e. The summed E-state index contributed by atoms with van der Waals surface area (Å²) in [5.41, 5.74) is 0. The first kappa shape index (κ1) is 29.3. The molecule has 208 valence electrons. The Morgan fingerprint density at radius 3 is 1.41 bits per heavy atom. The molecular formula is C32H39O6P. The molecule has 4 aromatic carbocycles. The van der Waals surface area contributed by atoms with Crippen LogP contribution >= 0.6 is 7.92 Å². The zero-order valence-corrected chi connectivity index (χ0v) is 24.8. The van der Waals surface area contributed by atoms with Gasteiger partial charge in [0, 0.05) is 35.6 Å². The first-order valence-corrected chi connectivity index (χ1v) is 14.5. The molecule has 0 aliphatic carbocycles. The fourth-order valence-electron chi connectivity index (χ4n) is 4.48. The van der Waals surface area contributed by atoms with Gasteiger partial charge in [-0.25, -0.2) is 0 Å². The van der Waals surface area contributed by atoms with Gasteiger partial charge >= 0.3 is 0 Å². The summed E-state index contributed by atoms with van der Waals surface area (Å²) in [7, 11) is 2.26. The second kappa shape index (κ2) is 13.1. The molecule has 0 spiro atoms. The zero-order chi connectivity index (χ0) is 28.0. The van der Waals surface area contributed by atoms with Crippen molar-refractivity contribution in [2.45, 2.75) is 52.4 Å². The Morgan fingerprint density at radius 1 is 0.615 bits per heavy atom. The minimum atomic E-state index is -0.975. The van der Waals surface area contributed by atoms with Gasteiger partial charge in [-0.2, -0.15) is 0 Å². The summed E-state index contributed by atoms with van der Waals surface area (Å²) in [6.45, 7) is 10.7. The first-order chi connectivity index (χ1) is 18.7. The number of benzene rings is 4. The van der Waals surface area contributed by atoms with Crippen molar-refractivity contribution in [2.24, 2.45) is 0 Å². The molecule has 2 atom stereocenters. The maximum absolute atomic E-state index is 6.41. The lowest BCUT2D eigenvalue weighted by Gasteiger charge is -2.35. The molecule has 0 fully saturated rings. The average Bonchev–Trinajstić information content (AvgIpc) is 2.93. The third-order valence-corrected chi connectivity index (χ3v) is 9.56. The molecule has 7 heteroatoms. The second-order valence-corrected chi connectivity index (χ2v) is 13.2. The standard InChI is InChI=1S/C32H39O6P/c1-22(33-6)35-20-37-30-26-14-10-8-12-24(26)16-18-28(30)39(32(3,4)5)29-19-17-25-13-9-11-15-27(25)31(29)38-21-36-23(2)34-7/h8-19,22-23H,20-21H2,1-7H3. The Bertz CT molecular complexity index is 1280. The third-order valence-electron chi connectivity index (χ3n) is 6.55. The van der Waals surface area contributed by atoms with Crippen molar-refractivity contribution in [3.05, 3.63) is 72.8 Å². The van der Waals surface area contributed by atoms with E-state index in [0.29, 0.717) is 0 Å². The largest absolute Gasteiger partial charge is 0.466 e. The van der Waals surface area contributed by atoms with Crippen LogP contribution in [-0.4, -0.2) is 45.5 Å². The van der Waals surface area contributed by atoms with E-state index < -0.39 is 7.92 Å². The highest BCUT2D eigenvalue weighted by atomic mass is 31.1. The molecule has 0 aliphatic rings. The minimum absolute atomic E-state index is 0.0765. The Kier molecular flexibility index (Phi) is 9.81. The highest BCUT2D eigenvalue weighted by molar-refractivity contribution is 7.74. The van der Waals surface area contributed by atoms with Gasteiger partial charge in [0.05, 0.1) is 0 Å². The normalized spacial score (nSPS) is 14.3. The van der Waals surface area contributed by atoms with Crippen LogP contribution in [0.4, 0.5) is 0 Å². The van der Waals surface area contributed by atoms with Crippen molar-refractivity contribution in [1.29, 1.82) is 0 Å². The molecule has 4 aromatic rings. The number of hydrogen-bond donors (Lipinski definition) is 0. The van der Waals surface area contributed by atoms with Gasteiger partial charge in [-0.05, 0) is 49.8 Å². The number of ether oxygens (including phenoxy) is 6. The van der Waals surface area contributed by atoms with Crippen molar-refractivity contribution in [2.75, 3.05) is 27.8 Å². The molecule has 0 N–H and O–H groups in total. The molecule has 0 saturated heterocycles. The van der Waals surface area contributed by atoms with E-state index in [2.05, 4.69) is 69.3 Å².